The molecule has 1 aromatic rings. The molecule has 0 amide bonds. The van der Waals surface area contributed by atoms with E-state index in [2.05, 4.69) is 0 Å². The fraction of sp³-hybridized carbons (Fsp3) is 0.333. The zero-order valence-corrected chi connectivity index (χ0v) is 9.48. The first-order chi connectivity index (χ1) is 7.29. The van der Waals surface area contributed by atoms with E-state index in [0.29, 0.717) is 5.56 Å². The van der Waals surface area contributed by atoms with E-state index in [9.17, 15) is 9.59 Å². The summed E-state index contributed by atoms with van der Waals surface area (Å²) in [5, 5.41) is 8.68. The SMILES string of the molecule is CC(C)(C)OC(=O)c1ccc(C(=O)O)cc1.[KH].[NaH]. The topological polar surface area (TPSA) is 63.6 Å². The summed E-state index contributed by atoms with van der Waals surface area (Å²) >= 11 is 0. The summed E-state index contributed by atoms with van der Waals surface area (Å²) in [6, 6.07) is 5.64. The second kappa shape index (κ2) is 8.87. The first-order valence-corrected chi connectivity index (χ1v) is 4.86. The molecular formula is C12H16KNaO4. The van der Waals surface area contributed by atoms with Crippen molar-refractivity contribution in [3.63, 3.8) is 0 Å². The molecule has 0 saturated carbocycles. The number of rotatable bonds is 2. The first-order valence-electron chi connectivity index (χ1n) is 4.86. The third kappa shape index (κ3) is 7.40. The molecule has 0 aromatic heterocycles. The van der Waals surface area contributed by atoms with Gasteiger partial charge in [0.05, 0.1) is 11.1 Å². The van der Waals surface area contributed by atoms with Gasteiger partial charge in [-0.2, -0.15) is 0 Å². The van der Waals surface area contributed by atoms with Crippen LogP contribution in [0, 0.1) is 0 Å². The Kier molecular flexibility index (Phi) is 10.4. The van der Waals surface area contributed by atoms with Gasteiger partial charge in [-0.3, -0.25) is 0 Å². The van der Waals surface area contributed by atoms with Gasteiger partial charge in [-0.25, -0.2) is 9.59 Å². The van der Waals surface area contributed by atoms with Gasteiger partial charge in [-0.15, -0.1) is 0 Å². The van der Waals surface area contributed by atoms with Crippen molar-refractivity contribution in [1.82, 2.24) is 0 Å². The van der Waals surface area contributed by atoms with Crippen molar-refractivity contribution in [2.75, 3.05) is 0 Å². The predicted octanol–water partition coefficient (Wildman–Crippen LogP) is 1.04. The van der Waals surface area contributed by atoms with Crippen molar-refractivity contribution in [1.29, 1.82) is 0 Å². The van der Waals surface area contributed by atoms with Crippen molar-refractivity contribution < 1.29 is 19.4 Å². The van der Waals surface area contributed by atoms with Crippen molar-refractivity contribution >= 4 is 92.9 Å². The summed E-state index contributed by atoms with van der Waals surface area (Å²) < 4.78 is 5.14. The first kappa shape index (κ1) is 21.1. The van der Waals surface area contributed by atoms with Crippen LogP contribution >= 0.6 is 0 Å². The van der Waals surface area contributed by atoms with E-state index >= 15 is 0 Å². The molecule has 0 aliphatic rings. The summed E-state index contributed by atoms with van der Waals surface area (Å²) in [5.41, 5.74) is -0.0602. The minimum atomic E-state index is -1.02. The van der Waals surface area contributed by atoms with Gasteiger partial charge in [0.15, 0.2) is 0 Å². The molecule has 18 heavy (non-hydrogen) atoms. The van der Waals surface area contributed by atoms with Crippen LogP contribution in [0.3, 0.4) is 0 Å². The van der Waals surface area contributed by atoms with Crippen molar-refractivity contribution in [2.24, 2.45) is 0 Å². The normalized spacial score (nSPS) is 9.72. The molecule has 90 valence electrons. The van der Waals surface area contributed by atoms with E-state index < -0.39 is 17.5 Å². The van der Waals surface area contributed by atoms with Crippen LogP contribution in [0.15, 0.2) is 24.3 Å². The molecular weight excluding hydrogens is 270 g/mol. The Labute approximate surface area is 171 Å². The van der Waals surface area contributed by atoms with E-state index in [1.807, 2.05) is 0 Å². The third-order valence-corrected chi connectivity index (χ3v) is 1.77. The molecule has 0 radical (unpaired) electrons. The Hall–Kier alpha value is 0.796. The van der Waals surface area contributed by atoms with Crippen LogP contribution in [0.2, 0.25) is 0 Å². The Morgan fingerprint density at radius 1 is 1.06 bits per heavy atom. The quantitative estimate of drug-likeness (QED) is 0.652. The van der Waals surface area contributed by atoms with Crippen LogP contribution in [-0.2, 0) is 4.74 Å². The van der Waals surface area contributed by atoms with E-state index in [4.69, 9.17) is 9.84 Å². The van der Waals surface area contributed by atoms with Crippen LogP contribution in [-0.4, -0.2) is 104 Å². The van der Waals surface area contributed by atoms with E-state index in [0.717, 1.165) is 0 Å². The maximum atomic E-state index is 11.6. The number of carboxylic acids is 1. The molecule has 0 heterocycles. The van der Waals surface area contributed by atoms with E-state index in [-0.39, 0.29) is 86.5 Å². The van der Waals surface area contributed by atoms with Crippen molar-refractivity contribution in [3.05, 3.63) is 35.4 Å². The third-order valence-electron chi connectivity index (χ3n) is 1.77. The number of ether oxygens (including phenoxy) is 1. The average molecular weight is 286 g/mol. The van der Waals surface area contributed by atoms with E-state index in [1.165, 1.54) is 24.3 Å². The fourth-order valence-electron chi connectivity index (χ4n) is 1.09. The van der Waals surface area contributed by atoms with Gasteiger partial charge in [-0.05, 0) is 45.0 Å². The van der Waals surface area contributed by atoms with Gasteiger partial charge in [0.1, 0.15) is 5.60 Å². The molecule has 6 heteroatoms. The number of carbonyl (C=O) groups excluding carboxylic acids is 1. The number of carbonyl (C=O) groups is 2. The second-order valence-corrected chi connectivity index (χ2v) is 4.38. The molecule has 0 aliphatic heterocycles. The molecule has 0 aliphatic carbocycles. The molecule has 1 N–H and O–H groups in total. The summed E-state index contributed by atoms with van der Waals surface area (Å²) in [6.45, 7) is 5.32. The monoisotopic (exact) mass is 286 g/mol. The molecule has 0 bridgehead atoms. The molecule has 4 nitrogen and oxygen atoms in total. The zero-order chi connectivity index (χ0) is 12.3. The van der Waals surface area contributed by atoms with Gasteiger partial charge in [0.25, 0.3) is 0 Å². The van der Waals surface area contributed by atoms with Gasteiger partial charge in [0.2, 0.25) is 0 Å². The molecule has 0 atom stereocenters. The summed E-state index contributed by atoms with van der Waals surface area (Å²) in [5.74, 6) is -1.47. The van der Waals surface area contributed by atoms with Crippen LogP contribution in [0.4, 0.5) is 0 Å². The Morgan fingerprint density at radius 3 is 1.78 bits per heavy atom. The zero-order valence-electron chi connectivity index (χ0n) is 9.48. The molecule has 1 rings (SSSR count). The van der Waals surface area contributed by atoms with Crippen molar-refractivity contribution in [3.8, 4) is 0 Å². The van der Waals surface area contributed by atoms with Gasteiger partial charge >= 0.3 is 92.9 Å². The maximum absolute atomic E-state index is 11.6. The number of hydrogen-bond acceptors (Lipinski definition) is 3. The number of carboxylic acid groups (broad SMARTS) is 1. The predicted molar refractivity (Wildman–Crippen MR) is 72.9 cm³/mol. The minimum absolute atomic E-state index is 0. The van der Waals surface area contributed by atoms with Crippen molar-refractivity contribution in [2.45, 2.75) is 26.4 Å². The Balaban J connectivity index is 0. The van der Waals surface area contributed by atoms with Crippen LogP contribution in [0.25, 0.3) is 0 Å². The summed E-state index contributed by atoms with van der Waals surface area (Å²) in [6.07, 6.45) is 0. The number of esters is 1. The second-order valence-electron chi connectivity index (χ2n) is 4.38. The molecule has 0 spiro atoms. The van der Waals surface area contributed by atoms with Gasteiger partial charge < -0.3 is 9.84 Å². The van der Waals surface area contributed by atoms with Gasteiger partial charge in [0, 0.05) is 0 Å². The van der Waals surface area contributed by atoms with Crippen LogP contribution in [0.1, 0.15) is 41.5 Å². The van der Waals surface area contributed by atoms with E-state index in [1.54, 1.807) is 20.8 Å². The molecule has 0 fully saturated rings. The Morgan fingerprint density at radius 2 is 1.44 bits per heavy atom. The average Bonchev–Trinajstić information content (AvgIpc) is 2.15. The molecule has 0 saturated heterocycles. The summed E-state index contributed by atoms with van der Waals surface area (Å²) in [7, 11) is 0. The molecule has 1 aromatic carbocycles. The van der Waals surface area contributed by atoms with Gasteiger partial charge in [-0.1, -0.05) is 0 Å². The number of hydrogen-bond donors (Lipinski definition) is 1. The Bertz CT molecular complexity index is 409. The fourth-order valence-corrected chi connectivity index (χ4v) is 1.09. The van der Waals surface area contributed by atoms with Crippen LogP contribution in [0.5, 0.6) is 0 Å². The molecule has 0 unspecified atom stereocenters. The number of benzene rings is 1. The summed E-state index contributed by atoms with van der Waals surface area (Å²) in [4.78, 5) is 22.2. The standard InChI is InChI=1S/C12H14O4.K.Na.2H/c1-12(2,3)16-11(15)9-6-4-8(5-7-9)10(13)14;;;;/h4-7H,1-3H3,(H,13,14);;;;. The number of aromatic carboxylic acids is 1. The van der Waals surface area contributed by atoms with Crippen LogP contribution < -0.4 is 0 Å².